The van der Waals surface area contributed by atoms with Crippen LogP contribution in [0.25, 0.3) is 16.4 Å². The molecule has 0 unspecified atom stereocenters. The molecule has 0 saturated carbocycles. The fourth-order valence-corrected chi connectivity index (χ4v) is 11.6. The van der Waals surface area contributed by atoms with Crippen LogP contribution in [0.5, 0.6) is 0 Å². The maximum absolute atomic E-state index is 9.08. The second-order valence-electron chi connectivity index (χ2n) is 10.8. The van der Waals surface area contributed by atoms with Crippen molar-refractivity contribution in [3.8, 4) is 11.1 Å². The average molecular weight is 586 g/mol. The summed E-state index contributed by atoms with van der Waals surface area (Å²) in [6.07, 6.45) is 0.604. The first-order valence-electron chi connectivity index (χ1n) is 10.7. The van der Waals surface area contributed by atoms with Crippen LogP contribution in [0.15, 0.2) is 48.5 Å². The van der Waals surface area contributed by atoms with Crippen molar-refractivity contribution in [3.05, 3.63) is 59.9 Å². The van der Waals surface area contributed by atoms with Crippen LogP contribution < -0.4 is 0 Å². The first-order valence-corrected chi connectivity index (χ1v) is 14.1. The van der Waals surface area contributed by atoms with Crippen LogP contribution in [-0.2, 0) is 30.5 Å². The molecule has 2 aromatic rings. The van der Waals surface area contributed by atoms with Crippen molar-refractivity contribution in [2.75, 3.05) is 13.3 Å². The van der Waals surface area contributed by atoms with E-state index in [0.717, 1.165) is 16.8 Å². The molecule has 2 rings (SSSR count). The van der Waals surface area contributed by atoms with E-state index in [0.29, 0.717) is 21.7 Å². The van der Waals surface area contributed by atoms with Crippen molar-refractivity contribution >= 4 is 23.7 Å². The SMILES string of the molecule is CC(C)(C)[PH+](C(C)(C)C)C(C)(C)C.CS(=O)(=O)[O-].C[N-]c1ccccc1-c1[c-]cccc1.[Pd+2]. The molecule has 0 N–H and O–H groups in total. The quantitative estimate of drug-likeness (QED) is 0.158. The largest absolute Gasteiger partial charge is 2.00 e. The number of hydrogen-bond donors (Lipinski definition) is 0. The molecule has 0 fully saturated rings. The predicted molar refractivity (Wildman–Crippen MR) is 143 cm³/mol. The molecule has 4 nitrogen and oxygen atoms in total. The van der Waals surface area contributed by atoms with Gasteiger partial charge in [0.25, 0.3) is 0 Å². The van der Waals surface area contributed by atoms with Gasteiger partial charge < -0.3 is 9.87 Å². The number of rotatable bonds is 2. The van der Waals surface area contributed by atoms with Crippen molar-refractivity contribution in [2.24, 2.45) is 0 Å². The van der Waals surface area contributed by atoms with Gasteiger partial charge in [0.2, 0.25) is 0 Å². The van der Waals surface area contributed by atoms with Crippen molar-refractivity contribution in [1.82, 2.24) is 0 Å². The minimum Gasteiger partial charge on any atom is -0.748 e. The standard InChI is InChI=1S/C13H11N.C12H27P.CH4O3S.Pd/c1-14-13-10-6-5-9-12(13)11-7-3-2-4-8-11;1-10(2,3)13(11(4,5)6)12(7,8)9;1-5(2,3)4;/h2-7,9-10H,1H3;1-9H3;1H3,(H,2,3,4);/q-2;;;+2. The Labute approximate surface area is 218 Å². The van der Waals surface area contributed by atoms with Crippen molar-refractivity contribution in [2.45, 2.75) is 77.8 Å². The Kier molecular flexibility index (Phi) is 14.6. The molecule has 0 bridgehead atoms. The third-order valence-electron chi connectivity index (χ3n) is 4.39. The molecular formula is C26H42NO3PPdS. The Hall–Kier alpha value is -0.758. The van der Waals surface area contributed by atoms with E-state index >= 15 is 0 Å². The summed E-state index contributed by atoms with van der Waals surface area (Å²) in [4.78, 5) is 0. The Morgan fingerprint density at radius 2 is 1.21 bits per heavy atom. The third kappa shape index (κ3) is 15.0. The van der Waals surface area contributed by atoms with Crippen LogP contribution in [0.3, 0.4) is 0 Å². The van der Waals surface area contributed by atoms with Crippen LogP contribution in [0.1, 0.15) is 62.3 Å². The number of nitrogens with zero attached hydrogens (tertiary/aromatic N) is 1. The zero-order chi connectivity index (χ0) is 25.4. The summed E-state index contributed by atoms with van der Waals surface area (Å²) in [6, 6.07) is 19.2. The maximum Gasteiger partial charge on any atom is 2.00 e. The third-order valence-corrected chi connectivity index (χ3v) is 8.89. The fraction of sp³-hybridized carbons (Fsp3) is 0.538. The van der Waals surface area contributed by atoms with E-state index in [9.17, 15) is 0 Å². The molecule has 33 heavy (non-hydrogen) atoms. The fourth-order valence-electron chi connectivity index (χ4n) is 4.83. The molecule has 0 heterocycles. The van der Waals surface area contributed by atoms with Gasteiger partial charge in [-0.3, -0.25) is 0 Å². The number of benzene rings is 2. The summed E-state index contributed by atoms with van der Waals surface area (Å²) in [5.74, 6) is 0. The van der Waals surface area contributed by atoms with Crippen LogP contribution >= 0.6 is 7.92 Å². The number of para-hydroxylation sites is 1. The van der Waals surface area contributed by atoms with Crippen LogP contribution in [0, 0.1) is 6.07 Å². The van der Waals surface area contributed by atoms with Gasteiger partial charge in [-0.15, -0.1) is 48.5 Å². The van der Waals surface area contributed by atoms with Gasteiger partial charge in [0.1, 0.15) is 0 Å². The summed E-state index contributed by atoms with van der Waals surface area (Å²) < 4.78 is 27.2. The van der Waals surface area contributed by atoms with Crippen molar-refractivity contribution in [1.29, 1.82) is 0 Å². The number of hydrogen-bond acceptors (Lipinski definition) is 3. The first kappa shape index (κ1) is 34.4. The van der Waals surface area contributed by atoms with E-state index in [1.165, 1.54) is 0 Å². The monoisotopic (exact) mass is 585 g/mol. The van der Waals surface area contributed by atoms with Gasteiger partial charge in [0.05, 0.1) is 25.6 Å². The molecule has 190 valence electrons. The van der Waals surface area contributed by atoms with Gasteiger partial charge in [0.15, 0.2) is 0 Å². The van der Waals surface area contributed by atoms with Crippen LogP contribution in [0.4, 0.5) is 5.69 Å². The second-order valence-corrected chi connectivity index (χ2v) is 17.5. The Morgan fingerprint density at radius 3 is 1.52 bits per heavy atom. The predicted octanol–water partition coefficient (Wildman–Crippen LogP) is 7.54. The summed E-state index contributed by atoms with van der Waals surface area (Å²) >= 11 is 0. The molecule has 2 aromatic carbocycles. The molecule has 0 aliphatic rings. The molecule has 7 heteroatoms. The molecule has 0 atom stereocenters. The van der Waals surface area contributed by atoms with E-state index in [1.807, 2.05) is 49.5 Å². The molecule has 0 spiro atoms. The van der Waals surface area contributed by atoms with E-state index in [1.54, 1.807) is 0 Å². The van der Waals surface area contributed by atoms with E-state index in [-0.39, 0.29) is 20.4 Å². The van der Waals surface area contributed by atoms with Crippen LogP contribution in [-0.4, -0.2) is 41.7 Å². The molecule has 0 aromatic heterocycles. The minimum absolute atomic E-state index is 0. The second kappa shape index (κ2) is 14.0. The zero-order valence-corrected chi connectivity index (χ0v) is 25.4. The molecule has 0 radical (unpaired) electrons. The summed E-state index contributed by atoms with van der Waals surface area (Å²) in [5.41, 5.74) is 3.24. The topological polar surface area (TPSA) is 71.3 Å². The summed E-state index contributed by atoms with van der Waals surface area (Å²) in [7, 11) is -2.50. The van der Waals surface area contributed by atoms with E-state index < -0.39 is 18.0 Å². The van der Waals surface area contributed by atoms with Crippen LogP contribution in [0.2, 0.25) is 0 Å². The summed E-state index contributed by atoms with van der Waals surface area (Å²) in [6.45, 7) is 21.6. The molecular weight excluding hydrogens is 544 g/mol. The first-order chi connectivity index (χ1) is 14.3. The van der Waals surface area contributed by atoms with Gasteiger partial charge in [-0.25, -0.2) is 8.42 Å². The van der Waals surface area contributed by atoms with Gasteiger partial charge >= 0.3 is 20.4 Å². The van der Waals surface area contributed by atoms with Gasteiger partial charge in [-0.2, -0.15) is 5.69 Å². The summed E-state index contributed by atoms with van der Waals surface area (Å²) in [5, 5.41) is 5.69. The Balaban J connectivity index is 0. The van der Waals surface area contributed by atoms with Crippen molar-refractivity contribution in [3.63, 3.8) is 0 Å². The van der Waals surface area contributed by atoms with Gasteiger partial charge in [-0.1, -0.05) is 24.3 Å². The minimum atomic E-state index is -3.92. The zero-order valence-electron chi connectivity index (χ0n) is 22.0. The van der Waals surface area contributed by atoms with E-state index in [2.05, 4.69) is 79.8 Å². The maximum atomic E-state index is 9.08. The molecule has 0 aliphatic heterocycles. The molecule has 0 saturated heterocycles. The van der Waals surface area contributed by atoms with E-state index in [4.69, 9.17) is 13.0 Å². The normalized spacial score (nSPS) is 11.9. The molecule has 0 aliphatic carbocycles. The Bertz CT molecular complexity index is 872. The molecule has 0 amide bonds. The van der Waals surface area contributed by atoms with Gasteiger partial charge in [-0.05, 0) is 62.3 Å². The smallest absolute Gasteiger partial charge is 0.748 e. The average Bonchev–Trinajstić information content (AvgIpc) is 2.57. The Morgan fingerprint density at radius 1 is 0.818 bits per heavy atom. The van der Waals surface area contributed by atoms with Gasteiger partial charge in [0, 0.05) is 14.2 Å². The van der Waals surface area contributed by atoms with Crippen molar-refractivity contribution < 1.29 is 33.4 Å².